The molecule has 1 aromatic rings. The number of pyridine rings is 1. The van der Waals surface area contributed by atoms with Crippen molar-refractivity contribution in [1.29, 1.82) is 0 Å². The number of hydrogen-bond donors (Lipinski definition) is 2. The van der Waals surface area contributed by atoms with Gasteiger partial charge in [-0.05, 0) is 31.9 Å². The quantitative estimate of drug-likeness (QED) is 0.795. The van der Waals surface area contributed by atoms with Crippen molar-refractivity contribution in [3.63, 3.8) is 0 Å². The minimum absolute atomic E-state index is 0.0654. The van der Waals surface area contributed by atoms with Gasteiger partial charge in [-0.2, -0.15) is 0 Å². The lowest BCUT2D eigenvalue weighted by molar-refractivity contribution is -0.119. The molecule has 18 heavy (non-hydrogen) atoms. The topological polar surface area (TPSA) is 57.3 Å². The average Bonchev–Trinajstić information content (AvgIpc) is 3.13. The van der Waals surface area contributed by atoms with Crippen molar-refractivity contribution in [1.82, 2.24) is 10.3 Å². The maximum Gasteiger partial charge on any atom is 0.239 e. The molecule has 0 bridgehead atoms. The predicted molar refractivity (Wildman–Crippen MR) is 72.8 cm³/mol. The molecule has 1 saturated carbocycles. The van der Waals surface area contributed by atoms with Gasteiger partial charge in [0.25, 0.3) is 0 Å². The van der Waals surface area contributed by atoms with Crippen molar-refractivity contribution in [2.24, 2.45) is 0 Å². The van der Waals surface area contributed by atoms with Crippen LogP contribution in [0.2, 0.25) is 0 Å². The number of nitrogens with one attached hydrogen (secondary N) is 2. The summed E-state index contributed by atoms with van der Waals surface area (Å²) in [5.41, 5.74) is 0. The third-order valence-corrected chi connectivity index (χ3v) is 2.81. The van der Waals surface area contributed by atoms with Crippen molar-refractivity contribution < 1.29 is 4.79 Å². The molecule has 5 nitrogen and oxygen atoms in total. The molecule has 0 aliphatic heterocycles. The fourth-order valence-electron chi connectivity index (χ4n) is 1.71. The first-order valence-electron chi connectivity index (χ1n) is 6.40. The van der Waals surface area contributed by atoms with E-state index < -0.39 is 0 Å². The number of likely N-dealkylation sites (N-methyl/N-ethyl adjacent to an activating group) is 1. The molecule has 1 aromatic heterocycles. The summed E-state index contributed by atoms with van der Waals surface area (Å²) in [6.45, 7) is 3.21. The highest BCUT2D eigenvalue weighted by Crippen LogP contribution is 2.18. The SMILES string of the molecule is CCNc1cccc(N(C)CC(=O)NC2CC2)n1. The second-order valence-electron chi connectivity index (χ2n) is 4.61. The summed E-state index contributed by atoms with van der Waals surface area (Å²) >= 11 is 0. The highest BCUT2D eigenvalue weighted by molar-refractivity contribution is 5.81. The lowest BCUT2D eigenvalue weighted by atomic mass is 10.4. The summed E-state index contributed by atoms with van der Waals surface area (Å²) in [5.74, 6) is 1.71. The minimum atomic E-state index is 0.0654. The Morgan fingerprint density at radius 1 is 1.50 bits per heavy atom. The molecule has 1 fully saturated rings. The van der Waals surface area contributed by atoms with Crippen LogP contribution in [-0.4, -0.2) is 37.1 Å². The number of aromatic nitrogens is 1. The van der Waals surface area contributed by atoms with Gasteiger partial charge in [0.15, 0.2) is 0 Å². The number of carbonyl (C=O) groups excluding carboxylic acids is 1. The highest BCUT2D eigenvalue weighted by atomic mass is 16.2. The molecule has 0 radical (unpaired) electrons. The van der Waals surface area contributed by atoms with Crippen molar-refractivity contribution in [2.45, 2.75) is 25.8 Å². The van der Waals surface area contributed by atoms with Gasteiger partial charge in [0, 0.05) is 19.6 Å². The number of amides is 1. The van der Waals surface area contributed by atoms with Gasteiger partial charge in [-0.25, -0.2) is 4.98 Å². The van der Waals surface area contributed by atoms with E-state index in [2.05, 4.69) is 15.6 Å². The van der Waals surface area contributed by atoms with Crippen LogP contribution in [0.25, 0.3) is 0 Å². The summed E-state index contributed by atoms with van der Waals surface area (Å²) < 4.78 is 0. The van der Waals surface area contributed by atoms with Gasteiger partial charge >= 0.3 is 0 Å². The molecule has 1 heterocycles. The molecule has 0 spiro atoms. The first-order valence-corrected chi connectivity index (χ1v) is 6.40. The Labute approximate surface area is 108 Å². The van der Waals surface area contributed by atoms with Crippen LogP contribution >= 0.6 is 0 Å². The molecule has 2 rings (SSSR count). The summed E-state index contributed by atoms with van der Waals surface area (Å²) in [6, 6.07) is 6.18. The van der Waals surface area contributed by atoms with Crippen LogP contribution < -0.4 is 15.5 Å². The van der Waals surface area contributed by atoms with E-state index in [-0.39, 0.29) is 5.91 Å². The second-order valence-corrected chi connectivity index (χ2v) is 4.61. The second kappa shape index (κ2) is 5.71. The number of rotatable bonds is 6. The van der Waals surface area contributed by atoms with Crippen LogP contribution in [0.15, 0.2) is 18.2 Å². The van der Waals surface area contributed by atoms with Crippen molar-refractivity contribution >= 4 is 17.5 Å². The molecule has 2 N–H and O–H groups in total. The van der Waals surface area contributed by atoms with Crippen LogP contribution in [0.5, 0.6) is 0 Å². The zero-order chi connectivity index (χ0) is 13.0. The maximum absolute atomic E-state index is 11.7. The molecule has 1 aliphatic carbocycles. The van der Waals surface area contributed by atoms with Crippen molar-refractivity contribution in [3.8, 4) is 0 Å². The molecule has 0 atom stereocenters. The van der Waals surface area contributed by atoms with E-state index >= 15 is 0 Å². The molecule has 1 amide bonds. The van der Waals surface area contributed by atoms with Gasteiger partial charge in [0.2, 0.25) is 5.91 Å². The third kappa shape index (κ3) is 3.61. The normalized spacial score (nSPS) is 14.1. The van der Waals surface area contributed by atoms with Crippen molar-refractivity contribution in [2.75, 3.05) is 30.4 Å². The van der Waals surface area contributed by atoms with E-state index in [1.807, 2.05) is 37.1 Å². The molecule has 0 saturated heterocycles. The monoisotopic (exact) mass is 248 g/mol. The maximum atomic E-state index is 11.7. The van der Waals surface area contributed by atoms with Gasteiger partial charge in [-0.15, -0.1) is 0 Å². The van der Waals surface area contributed by atoms with E-state index in [1.54, 1.807) is 0 Å². The number of carbonyl (C=O) groups is 1. The zero-order valence-electron chi connectivity index (χ0n) is 10.9. The Balaban J connectivity index is 1.91. The highest BCUT2D eigenvalue weighted by Gasteiger charge is 2.23. The first kappa shape index (κ1) is 12.7. The van der Waals surface area contributed by atoms with Gasteiger partial charge < -0.3 is 15.5 Å². The van der Waals surface area contributed by atoms with Crippen LogP contribution in [0.4, 0.5) is 11.6 Å². The lowest BCUT2D eigenvalue weighted by Gasteiger charge is -2.18. The summed E-state index contributed by atoms with van der Waals surface area (Å²) in [4.78, 5) is 18.0. The smallest absolute Gasteiger partial charge is 0.239 e. The van der Waals surface area contributed by atoms with Gasteiger partial charge in [0.05, 0.1) is 6.54 Å². The Morgan fingerprint density at radius 3 is 2.94 bits per heavy atom. The van der Waals surface area contributed by atoms with E-state index in [0.717, 1.165) is 31.0 Å². The van der Waals surface area contributed by atoms with E-state index in [4.69, 9.17) is 0 Å². The van der Waals surface area contributed by atoms with Gasteiger partial charge in [-0.1, -0.05) is 6.07 Å². The first-order chi connectivity index (χ1) is 8.69. The van der Waals surface area contributed by atoms with Crippen LogP contribution in [0.1, 0.15) is 19.8 Å². The van der Waals surface area contributed by atoms with E-state index in [9.17, 15) is 4.79 Å². The van der Waals surface area contributed by atoms with Crippen LogP contribution in [0.3, 0.4) is 0 Å². The zero-order valence-corrected chi connectivity index (χ0v) is 10.9. The average molecular weight is 248 g/mol. The third-order valence-electron chi connectivity index (χ3n) is 2.81. The number of anilines is 2. The standard InChI is InChI=1S/C13H20N4O/c1-3-14-11-5-4-6-12(16-11)17(2)9-13(18)15-10-7-8-10/h4-6,10H,3,7-9H2,1-2H3,(H,14,16)(H,15,18). The minimum Gasteiger partial charge on any atom is -0.370 e. The molecule has 98 valence electrons. The molecular weight excluding hydrogens is 228 g/mol. The van der Waals surface area contributed by atoms with Crippen molar-refractivity contribution in [3.05, 3.63) is 18.2 Å². The van der Waals surface area contributed by atoms with Gasteiger partial charge in [-0.3, -0.25) is 4.79 Å². The fourth-order valence-corrected chi connectivity index (χ4v) is 1.71. The number of hydrogen-bond acceptors (Lipinski definition) is 4. The van der Waals surface area contributed by atoms with Gasteiger partial charge in [0.1, 0.15) is 11.6 Å². The fraction of sp³-hybridized carbons (Fsp3) is 0.538. The Kier molecular flexibility index (Phi) is 4.02. The Morgan fingerprint density at radius 2 is 2.28 bits per heavy atom. The lowest BCUT2D eigenvalue weighted by Crippen LogP contribution is -2.36. The predicted octanol–water partition coefficient (Wildman–Crippen LogP) is 1.23. The molecule has 1 aliphatic rings. The summed E-state index contributed by atoms with van der Waals surface area (Å²) in [6.07, 6.45) is 2.23. The molecule has 5 heteroatoms. The Hall–Kier alpha value is -1.78. The molecular formula is C13H20N4O. The summed E-state index contributed by atoms with van der Waals surface area (Å²) in [7, 11) is 1.88. The molecule has 0 unspecified atom stereocenters. The summed E-state index contributed by atoms with van der Waals surface area (Å²) in [5, 5.41) is 6.13. The van der Waals surface area contributed by atoms with Crippen LogP contribution in [-0.2, 0) is 4.79 Å². The number of nitrogens with zero attached hydrogens (tertiary/aromatic N) is 2. The Bertz CT molecular complexity index is 417. The molecule has 0 aromatic carbocycles. The van der Waals surface area contributed by atoms with Crippen LogP contribution in [0, 0.1) is 0 Å². The van der Waals surface area contributed by atoms with E-state index in [1.165, 1.54) is 0 Å². The van der Waals surface area contributed by atoms with E-state index in [0.29, 0.717) is 12.6 Å². The largest absolute Gasteiger partial charge is 0.370 e.